The zero-order chi connectivity index (χ0) is 12.6. The molecule has 0 aromatic heterocycles. The number of hydrogen-bond acceptors (Lipinski definition) is 2. The Kier molecular flexibility index (Phi) is 7.14. The quantitative estimate of drug-likeness (QED) is 0.637. The van der Waals surface area contributed by atoms with Gasteiger partial charge in [-0.25, -0.2) is 0 Å². The molecule has 0 aliphatic heterocycles. The Labute approximate surface area is 108 Å². The molecule has 2 N–H and O–H groups in total. The number of hydrogen-bond donors (Lipinski definition) is 2. The van der Waals surface area contributed by atoms with Gasteiger partial charge < -0.3 is 10.6 Å². The third-order valence-electron chi connectivity index (χ3n) is 4.25. The monoisotopic (exact) mass is 240 g/mol. The highest BCUT2D eigenvalue weighted by molar-refractivity contribution is 4.83. The summed E-state index contributed by atoms with van der Waals surface area (Å²) < 4.78 is 0. The maximum Gasteiger partial charge on any atom is -0.00154 e. The second-order valence-corrected chi connectivity index (χ2v) is 6.24. The molecule has 0 bridgehead atoms. The summed E-state index contributed by atoms with van der Waals surface area (Å²) in [6, 6.07) is 0. The predicted octanol–water partition coefficient (Wildman–Crippen LogP) is 3.18. The van der Waals surface area contributed by atoms with E-state index in [1.807, 2.05) is 0 Å². The van der Waals surface area contributed by atoms with Crippen molar-refractivity contribution in [2.75, 3.05) is 26.2 Å². The molecule has 1 atom stereocenters. The lowest BCUT2D eigenvalue weighted by atomic mass is 9.69. The summed E-state index contributed by atoms with van der Waals surface area (Å²) in [5.74, 6) is 0.889. The van der Waals surface area contributed by atoms with Crippen LogP contribution in [0.1, 0.15) is 59.3 Å². The van der Waals surface area contributed by atoms with Crippen LogP contribution < -0.4 is 10.6 Å². The van der Waals surface area contributed by atoms with Gasteiger partial charge in [0.25, 0.3) is 0 Å². The third kappa shape index (κ3) is 5.87. The lowest BCUT2D eigenvalue weighted by molar-refractivity contribution is 0.136. The van der Waals surface area contributed by atoms with E-state index < -0.39 is 0 Å². The van der Waals surface area contributed by atoms with E-state index in [-0.39, 0.29) is 0 Å². The molecule has 0 aromatic carbocycles. The summed E-state index contributed by atoms with van der Waals surface area (Å²) in [7, 11) is 0. The van der Waals surface area contributed by atoms with E-state index >= 15 is 0 Å². The topological polar surface area (TPSA) is 24.1 Å². The minimum Gasteiger partial charge on any atom is -0.317 e. The Balaban J connectivity index is 2.01. The Hall–Kier alpha value is -0.0800. The van der Waals surface area contributed by atoms with E-state index in [1.165, 1.54) is 51.6 Å². The van der Waals surface area contributed by atoms with Crippen LogP contribution in [-0.2, 0) is 0 Å². The van der Waals surface area contributed by atoms with Crippen LogP contribution >= 0.6 is 0 Å². The highest BCUT2D eigenvalue weighted by atomic mass is 14.9. The van der Waals surface area contributed by atoms with Crippen molar-refractivity contribution in [3.63, 3.8) is 0 Å². The molecule has 102 valence electrons. The van der Waals surface area contributed by atoms with Gasteiger partial charge in [-0.2, -0.15) is 0 Å². The molecular weight excluding hydrogens is 208 g/mol. The summed E-state index contributed by atoms with van der Waals surface area (Å²) >= 11 is 0. The van der Waals surface area contributed by atoms with Crippen molar-refractivity contribution in [1.82, 2.24) is 10.6 Å². The van der Waals surface area contributed by atoms with Crippen LogP contribution in [0.3, 0.4) is 0 Å². The molecule has 0 heterocycles. The summed E-state index contributed by atoms with van der Waals surface area (Å²) in [4.78, 5) is 0. The fourth-order valence-electron chi connectivity index (χ4n) is 2.86. The molecule has 2 nitrogen and oxygen atoms in total. The first-order valence-electron chi connectivity index (χ1n) is 7.58. The fourth-order valence-corrected chi connectivity index (χ4v) is 2.86. The second-order valence-electron chi connectivity index (χ2n) is 6.24. The van der Waals surface area contributed by atoms with Crippen molar-refractivity contribution in [2.45, 2.75) is 59.3 Å². The van der Waals surface area contributed by atoms with Crippen LogP contribution in [0.4, 0.5) is 0 Å². The summed E-state index contributed by atoms with van der Waals surface area (Å²) in [5, 5.41) is 7.10. The fraction of sp³-hybridized carbons (Fsp3) is 1.00. The van der Waals surface area contributed by atoms with Crippen LogP contribution in [0.2, 0.25) is 0 Å². The van der Waals surface area contributed by atoms with Gasteiger partial charge in [0.2, 0.25) is 0 Å². The van der Waals surface area contributed by atoms with E-state index in [0.29, 0.717) is 5.41 Å². The zero-order valence-corrected chi connectivity index (χ0v) is 12.1. The standard InChI is InChI=1S/C15H32N2/c1-4-10-16-11-7-12-17-13-14-8-5-6-9-15(14,2)3/h14,16-17H,4-13H2,1-3H3. The zero-order valence-electron chi connectivity index (χ0n) is 12.1. The maximum absolute atomic E-state index is 3.65. The molecule has 1 rings (SSSR count). The van der Waals surface area contributed by atoms with Gasteiger partial charge in [-0.05, 0) is 63.2 Å². The molecule has 2 heteroatoms. The van der Waals surface area contributed by atoms with Crippen molar-refractivity contribution < 1.29 is 0 Å². The molecule has 1 saturated carbocycles. The predicted molar refractivity (Wildman–Crippen MR) is 76.4 cm³/mol. The smallest absolute Gasteiger partial charge is 0.00154 e. The molecule has 0 radical (unpaired) electrons. The first-order chi connectivity index (χ1) is 8.17. The lowest BCUT2D eigenvalue weighted by Crippen LogP contribution is -2.36. The van der Waals surface area contributed by atoms with E-state index in [2.05, 4.69) is 31.4 Å². The number of nitrogens with one attached hydrogen (secondary N) is 2. The van der Waals surface area contributed by atoms with Crippen LogP contribution in [0, 0.1) is 11.3 Å². The largest absolute Gasteiger partial charge is 0.317 e. The second kappa shape index (κ2) is 8.10. The molecule has 1 aliphatic carbocycles. The van der Waals surface area contributed by atoms with Crippen LogP contribution in [0.5, 0.6) is 0 Å². The van der Waals surface area contributed by atoms with Gasteiger partial charge in [-0.15, -0.1) is 0 Å². The number of rotatable bonds is 8. The lowest BCUT2D eigenvalue weighted by Gasteiger charge is -2.38. The van der Waals surface area contributed by atoms with Crippen molar-refractivity contribution in [2.24, 2.45) is 11.3 Å². The van der Waals surface area contributed by atoms with Gasteiger partial charge in [0.15, 0.2) is 0 Å². The Morgan fingerprint density at radius 3 is 2.53 bits per heavy atom. The van der Waals surface area contributed by atoms with Crippen molar-refractivity contribution >= 4 is 0 Å². The molecule has 0 saturated heterocycles. The van der Waals surface area contributed by atoms with Crippen LogP contribution in [0.25, 0.3) is 0 Å². The molecule has 17 heavy (non-hydrogen) atoms. The van der Waals surface area contributed by atoms with E-state index in [4.69, 9.17) is 0 Å². The molecular formula is C15H32N2. The highest BCUT2D eigenvalue weighted by Gasteiger charge is 2.31. The first-order valence-corrected chi connectivity index (χ1v) is 7.58. The van der Waals surface area contributed by atoms with Crippen molar-refractivity contribution in [1.29, 1.82) is 0 Å². The van der Waals surface area contributed by atoms with E-state index in [0.717, 1.165) is 19.0 Å². The maximum atomic E-state index is 3.65. The molecule has 0 aromatic rings. The minimum absolute atomic E-state index is 0.561. The summed E-state index contributed by atoms with van der Waals surface area (Å²) in [6.45, 7) is 11.8. The van der Waals surface area contributed by atoms with Crippen LogP contribution in [-0.4, -0.2) is 26.2 Å². The molecule has 0 amide bonds. The summed E-state index contributed by atoms with van der Waals surface area (Å²) in [5.41, 5.74) is 0.561. The average molecular weight is 240 g/mol. The summed E-state index contributed by atoms with van der Waals surface area (Å²) in [6.07, 6.45) is 8.21. The van der Waals surface area contributed by atoms with E-state index in [1.54, 1.807) is 0 Å². The molecule has 1 unspecified atom stereocenters. The van der Waals surface area contributed by atoms with Crippen molar-refractivity contribution in [3.05, 3.63) is 0 Å². The highest BCUT2D eigenvalue weighted by Crippen LogP contribution is 2.39. The molecule has 0 spiro atoms. The Morgan fingerprint density at radius 1 is 1.06 bits per heavy atom. The molecule has 1 fully saturated rings. The van der Waals surface area contributed by atoms with Gasteiger partial charge in [-0.1, -0.05) is 33.6 Å². The Bertz CT molecular complexity index is 189. The normalized spacial score (nSPS) is 23.8. The first kappa shape index (κ1) is 15.0. The Morgan fingerprint density at radius 2 is 1.82 bits per heavy atom. The average Bonchev–Trinajstić information content (AvgIpc) is 2.29. The van der Waals surface area contributed by atoms with Crippen molar-refractivity contribution in [3.8, 4) is 0 Å². The van der Waals surface area contributed by atoms with E-state index in [9.17, 15) is 0 Å². The van der Waals surface area contributed by atoms with Gasteiger partial charge in [0.1, 0.15) is 0 Å². The van der Waals surface area contributed by atoms with Gasteiger partial charge in [-0.3, -0.25) is 0 Å². The SMILES string of the molecule is CCCNCCCNCC1CCCCC1(C)C. The minimum atomic E-state index is 0.561. The van der Waals surface area contributed by atoms with Gasteiger partial charge in [0, 0.05) is 0 Å². The van der Waals surface area contributed by atoms with Gasteiger partial charge in [0.05, 0.1) is 0 Å². The van der Waals surface area contributed by atoms with Crippen LogP contribution in [0.15, 0.2) is 0 Å². The third-order valence-corrected chi connectivity index (χ3v) is 4.25. The molecule has 1 aliphatic rings. The van der Waals surface area contributed by atoms with Gasteiger partial charge >= 0.3 is 0 Å².